The Labute approximate surface area is 175 Å². The fourth-order valence-corrected chi connectivity index (χ4v) is 3.88. The molecule has 1 aliphatic heterocycles. The van der Waals surface area contributed by atoms with Crippen LogP contribution in [0.5, 0.6) is 0 Å². The molecule has 6 heteroatoms. The van der Waals surface area contributed by atoms with Gasteiger partial charge in [-0.2, -0.15) is 0 Å². The third kappa shape index (κ3) is 3.25. The van der Waals surface area contributed by atoms with Crippen molar-refractivity contribution >= 4 is 28.9 Å². The molecular formula is C22H22Cl2N4. The molecule has 3 aromatic rings. The molecular weight excluding hydrogens is 391 g/mol. The Balaban J connectivity index is 2.06. The van der Waals surface area contributed by atoms with Gasteiger partial charge in [-0.25, -0.2) is 0 Å². The summed E-state index contributed by atoms with van der Waals surface area (Å²) in [6.07, 6.45) is 0.765. The van der Waals surface area contributed by atoms with Crippen LogP contribution >= 0.6 is 23.2 Å². The number of halogens is 2. The highest BCUT2D eigenvalue weighted by Crippen LogP contribution is 2.37. The van der Waals surface area contributed by atoms with Gasteiger partial charge in [-0.15, -0.1) is 21.8 Å². The lowest BCUT2D eigenvalue weighted by Crippen LogP contribution is -2.12. The van der Waals surface area contributed by atoms with E-state index in [4.69, 9.17) is 28.2 Å². The molecule has 2 unspecified atom stereocenters. The first-order chi connectivity index (χ1) is 13.5. The van der Waals surface area contributed by atoms with Crippen LogP contribution in [0.15, 0.2) is 53.5 Å². The van der Waals surface area contributed by atoms with Gasteiger partial charge in [0.1, 0.15) is 6.04 Å². The Morgan fingerprint density at radius 3 is 2.50 bits per heavy atom. The van der Waals surface area contributed by atoms with Crippen LogP contribution < -0.4 is 0 Å². The van der Waals surface area contributed by atoms with Gasteiger partial charge in [-0.3, -0.25) is 9.56 Å². The SMILES string of the molecule is CCC(Cl)c1nnc2n1-c1ccc(Cl)cc1C(c1ccccc1)=NC2C(C)C. The van der Waals surface area contributed by atoms with Crippen LogP contribution in [0.2, 0.25) is 5.02 Å². The molecule has 0 radical (unpaired) electrons. The Kier molecular flexibility index (Phi) is 5.26. The molecule has 2 atom stereocenters. The maximum absolute atomic E-state index is 6.61. The molecule has 0 bridgehead atoms. The molecule has 1 aromatic heterocycles. The number of aliphatic imine (C=N–C) groups is 1. The molecule has 0 spiro atoms. The number of benzene rings is 2. The maximum atomic E-state index is 6.61. The van der Waals surface area contributed by atoms with Crippen molar-refractivity contribution in [2.45, 2.75) is 38.6 Å². The van der Waals surface area contributed by atoms with Crippen LogP contribution in [-0.4, -0.2) is 20.5 Å². The van der Waals surface area contributed by atoms with Crippen LogP contribution in [0.4, 0.5) is 0 Å². The molecule has 2 heterocycles. The standard InChI is InChI=1S/C22H22Cl2N4/c1-4-17(24)21-26-27-22-19(13(2)3)25-20(14-8-6-5-7-9-14)16-12-15(23)10-11-18(16)28(21)22/h5-13,17,19H,4H2,1-3H3. The van der Waals surface area contributed by atoms with Crippen LogP contribution in [0, 0.1) is 5.92 Å². The lowest BCUT2D eigenvalue weighted by atomic mass is 9.99. The summed E-state index contributed by atoms with van der Waals surface area (Å²) in [5.41, 5.74) is 3.89. The van der Waals surface area contributed by atoms with Crippen molar-refractivity contribution in [3.05, 3.63) is 76.3 Å². The molecule has 2 aromatic carbocycles. The normalized spacial score (nSPS) is 16.9. The van der Waals surface area contributed by atoms with Gasteiger partial charge in [0.25, 0.3) is 0 Å². The first-order valence-electron chi connectivity index (χ1n) is 9.54. The zero-order valence-electron chi connectivity index (χ0n) is 16.1. The number of hydrogen-bond donors (Lipinski definition) is 0. The van der Waals surface area contributed by atoms with Crippen LogP contribution in [0.25, 0.3) is 5.69 Å². The number of fused-ring (bicyclic) bond motifs is 3. The summed E-state index contributed by atoms with van der Waals surface area (Å²) in [5.74, 6) is 1.81. The largest absolute Gasteiger partial charge is 0.279 e. The van der Waals surface area contributed by atoms with Crippen molar-refractivity contribution in [2.75, 3.05) is 0 Å². The van der Waals surface area contributed by atoms with E-state index in [-0.39, 0.29) is 17.3 Å². The van der Waals surface area contributed by atoms with E-state index in [0.717, 1.165) is 40.6 Å². The van der Waals surface area contributed by atoms with Gasteiger partial charge in [0.15, 0.2) is 11.6 Å². The van der Waals surface area contributed by atoms with Gasteiger partial charge in [0.05, 0.1) is 16.8 Å². The summed E-state index contributed by atoms with van der Waals surface area (Å²) in [5, 5.41) is 9.41. The Morgan fingerprint density at radius 2 is 1.82 bits per heavy atom. The van der Waals surface area contributed by atoms with E-state index >= 15 is 0 Å². The van der Waals surface area contributed by atoms with Crippen molar-refractivity contribution in [3.8, 4) is 5.69 Å². The van der Waals surface area contributed by atoms with E-state index in [1.807, 2.05) is 43.3 Å². The summed E-state index contributed by atoms with van der Waals surface area (Å²) in [7, 11) is 0. The Bertz CT molecular complexity index is 1020. The highest BCUT2D eigenvalue weighted by atomic mass is 35.5. The summed E-state index contributed by atoms with van der Waals surface area (Å²) in [6.45, 7) is 6.34. The minimum absolute atomic E-state index is 0.136. The average molecular weight is 413 g/mol. The third-order valence-corrected chi connectivity index (χ3v) is 5.76. The Hall–Kier alpha value is -2.17. The molecule has 0 amide bonds. The summed E-state index contributed by atoms with van der Waals surface area (Å²) in [4.78, 5) is 5.16. The van der Waals surface area contributed by atoms with Gasteiger partial charge in [-0.05, 0) is 30.5 Å². The van der Waals surface area contributed by atoms with E-state index in [1.165, 1.54) is 0 Å². The van der Waals surface area contributed by atoms with Gasteiger partial charge in [0, 0.05) is 16.1 Å². The fourth-order valence-electron chi connectivity index (χ4n) is 3.57. The predicted molar refractivity (Wildman–Crippen MR) is 115 cm³/mol. The van der Waals surface area contributed by atoms with E-state index < -0.39 is 0 Å². The van der Waals surface area contributed by atoms with E-state index in [2.05, 4.69) is 40.7 Å². The molecule has 0 fully saturated rings. The number of rotatable bonds is 4. The molecule has 1 aliphatic rings. The quantitative estimate of drug-likeness (QED) is 0.481. The minimum atomic E-state index is -0.226. The first-order valence-corrected chi connectivity index (χ1v) is 10.4. The lowest BCUT2D eigenvalue weighted by molar-refractivity contribution is 0.487. The van der Waals surface area contributed by atoms with Crippen molar-refractivity contribution in [3.63, 3.8) is 0 Å². The molecule has 0 aliphatic carbocycles. The zero-order chi connectivity index (χ0) is 19.8. The van der Waals surface area contributed by atoms with Gasteiger partial charge >= 0.3 is 0 Å². The highest BCUT2D eigenvalue weighted by molar-refractivity contribution is 6.31. The maximum Gasteiger partial charge on any atom is 0.162 e. The molecule has 4 nitrogen and oxygen atoms in total. The number of alkyl halides is 1. The van der Waals surface area contributed by atoms with Crippen molar-refractivity contribution < 1.29 is 0 Å². The molecule has 0 saturated heterocycles. The molecule has 0 N–H and O–H groups in total. The van der Waals surface area contributed by atoms with Gasteiger partial charge in [0.2, 0.25) is 0 Å². The lowest BCUT2D eigenvalue weighted by Gasteiger charge is -2.17. The van der Waals surface area contributed by atoms with Crippen LogP contribution in [-0.2, 0) is 0 Å². The third-order valence-electron chi connectivity index (χ3n) is 5.02. The second kappa shape index (κ2) is 7.69. The number of nitrogens with zero attached hydrogens (tertiary/aromatic N) is 4. The van der Waals surface area contributed by atoms with E-state index in [0.29, 0.717) is 5.02 Å². The van der Waals surface area contributed by atoms with Crippen LogP contribution in [0.3, 0.4) is 0 Å². The molecule has 144 valence electrons. The second-order valence-electron chi connectivity index (χ2n) is 7.32. The monoisotopic (exact) mass is 412 g/mol. The zero-order valence-corrected chi connectivity index (χ0v) is 17.6. The predicted octanol–water partition coefficient (Wildman–Crippen LogP) is 6.16. The molecule has 0 saturated carbocycles. The fraction of sp³-hybridized carbons (Fsp3) is 0.318. The minimum Gasteiger partial charge on any atom is -0.279 e. The summed E-state index contributed by atoms with van der Waals surface area (Å²) in [6, 6.07) is 15.9. The number of aromatic nitrogens is 3. The van der Waals surface area contributed by atoms with Crippen molar-refractivity contribution in [2.24, 2.45) is 10.9 Å². The second-order valence-corrected chi connectivity index (χ2v) is 8.28. The first kappa shape index (κ1) is 19.2. The summed E-state index contributed by atoms with van der Waals surface area (Å²) >= 11 is 13.0. The Morgan fingerprint density at radius 1 is 1.07 bits per heavy atom. The van der Waals surface area contributed by atoms with E-state index in [1.54, 1.807) is 0 Å². The van der Waals surface area contributed by atoms with Crippen molar-refractivity contribution in [1.29, 1.82) is 0 Å². The van der Waals surface area contributed by atoms with Crippen LogP contribution in [0.1, 0.15) is 61.4 Å². The van der Waals surface area contributed by atoms with Crippen molar-refractivity contribution in [1.82, 2.24) is 14.8 Å². The number of hydrogen-bond acceptors (Lipinski definition) is 3. The topological polar surface area (TPSA) is 43.1 Å². The summed E-state index contributed by atoms with van der Waals surface area (Å²) < 4.78 is 2.08. The smallest absolute Gasteiger partial charge is 0.162 e. The van der Waals surface area contributed by atoms with E-state index in [9.17, 15) is 0 Å². The highest BCUT2D eigenvalue weighted by Gasteiger charge is 2.32. The molecule has 4 rings (SSSR count). The van der Waals surface area contributed by atoms with Gasteiger partial charge < -0.3 is 0 Å². The molecule has 28 heavy (non-hydrogen) atoms. The average Bonchev–Trinajstić information content (AvgIpc) is 3.07. The van der Waals surface area contributed by atoms with Gasteiger partial charge in [-0.1, -0.05) is 62.7 Å².